The van der Waals surface area contributed by atoms with Gasteiger partial charge in [-0.3, -0.25) is 9.59 Å². The minimum atomic E-state index is -0.597. The van der Waals surface area contributed by atoms with E-state index in [1.54, 1.807) is 53.3 Å². The zero-order valence-corrected chi connectivity index (χ0v) is 26.7. The van der Waals surface area contributed by atoms with Crippen molar-refractivity contribution in [3.05, 3.63) is 41.9 Å². The molecule has 5 heterocycles. The van der Waals surface area contributed by atoms with Gasteiger partial charge in [-0.25, -0.2) is 14.8 Å². The van der Waals surface area contributed by atoms with E-state index in [2.05, 4.69) is 19.9 Å². The fourth-order valence-corrected chi connectivity index (χ4v) is 6.53. The molecule has 2 aliphatic heterocycles. The maximum Gasteiger partial charge on any atom is 0.410 e. The first-order valence-electron chi connectivity index (χ1n) is 15.7. The first-order valence-corrected chi connectivity index (χ1v) is 15.7. The monoisotopic (exact) mass is 618 g/mol. The average molecular weight is 619 g/mol. The predicted octanol–water partition coefficient (Wildman–Crippen LogP) is 4.09. The molecule has 0 aromatic carbocycles. The lowest BCUT2D eigenvalue weighted by molar-refractivity contribution is 0.0257. The van der Waals surface area contributed by atoms with E-state index in [-0.39, 0.29) is 35.9 Å². The Hall–Kier alpha value is -4.26. The maximum absolute atomic E-state index is 13.7. The summed E-state index contributed by atoms with van der Waals surface area (Å²) in [4.78, 5) is 58.3. The van der Waals surface area contributed by atoms with Gasteiger partial charge in [0.1, 0.15) is 22.8 Å². The standard InChI is InChI=1S/C32H42N8O5/c1-32(2,3)45-31(43)38-17-22-19-44-13-12-39(25(22)18-38)28(41)20-10-11-26(33-15-20)35-30-34-16-21-14-24(29(42)37(4)5)40(27(21)36-30)23-8-6-7-9-23/h10-11,14-16,22-23,25H,6-9,12-13,17-19H2,1-5H3,(H,33,34,35,36)/t22-,25?/m0/s1. The molecular weight excluding hydrogens is 576 g/mol. The zero-order chi connectivity index (χ0) is 31.9. The first-order chi connectivity index (χ1) is 21.5. The summed E-state index contributed by atoms with van der Waals surface area (Å²) in [6, 6.07) is 5.37. The Balaban J connectivity index is 1.18. The molecule has 45 heavy (non-hydrogen) atoms. The Kier molecular flexibility index (Phi) is 8.38. The van der Waals surface area contributed by atoms with Crippen LogP contribution in [-0.2, 0) is 9.47 Å². The van der Waals surface area contributed by atoms with Crippen LogP contribution in [0.3, 0.4) is 0 Å². The van der Waals surface area contributed by atoms with Gasteiger partial charge in [0.05, 0.1) is 24.8 Å². The minimum Gasteiger partial charge on any atom is -0.444 e. The van der Waals surface area contributed by atoms with E-state index in [0.717, 1.165) is 31.1 Å². The quantitative estimate of drug-likeness (QED) is 0.449. The highest BCUT2D eigenvalue weighted by atomic mass is 16.6. The molecule has 3 aliphatic rings. The minimum absolute atomic E-state index is 0.00153. The summed E-state index contributed by atoms with van der Waals surface area (Å²) < 4.78 is 13.4. The number of aromatic nitrogens is 4. The molecule has 3 amide bonds. The van der Waals surface area contributed by atoms with Crippen LogP contribution in [0, 0.1) is 5.92 Å². The molecule has 0 spiro atoms. The van der Waals surface area contributed by atoms with E-state index in [1.807, 2.05) is 26.8 Å². The Morgan fingerprint density at radius 2 is 1.84 bits per heavy atom. The second-order valence-corrected chi connectivity index (χ2v) is 13.4. The number of hydrogen-bond acceptors (Lipinski definition) is 9. The van der Waals surface area contributed by atoms with Crippen LogP contribution in [0.25, 0.3) is 11.0 Å². The molecule has 13 nitrogen and oxygen atoms in total. The number of hydrogen-bond donors (Lipinski definition) is 1. The Labute approximate surface area is 262 Å². The largest absolute Gasteiger partial charge is 0.444 e. The summed E-state index contributed by atoms with van der Waals surface area (Å²) in [5.74, 6) is 0.626. The van der Waals surface area contributed by atoms with Crippen LogP contribution in [0.4, 0.5) is 16.6 Å². The summed E-state index contributed by atoms with van der Waals surface area (Å²) in [6.07, 6.45) is 7.14. The van der Waals surface area contributed by atoms with Gasteiger partial charge in [-0.05, 0) is 51.8 Å². The lowest BCUT2D eigenvalue weighted by Gasteiger charge is -2.29. The van der Waals surface area contributed by atoms with Crippen LogP contribution < -0.4 is 5.32 Å². The number of likely N-dealkylation sites (tertiary alicyclic amines) is 1. The van der Waals surface area contributed by atoms with Gasteiger partial charge in [0.2, 0.25) is 5.95 Å². The lowest BCUT2D eigenvalue weighted by Crippen LogP contribution is -2.46. The highest BCUT2D eigenvalue weighted by Crippen LogP contribution is 2.35. The van der Waals surface area contributed by atoms with Gasteiger partial charge in [-0.2, -0.15) is 4.98 Å². The number of nitrogens with zero attached hydrogens (tertiary/aromatic N) is 7. The number of ether oxygens (including phenoxy) is 2. The summed E-state index contributed by atoms with van der Waals surface area (Å²) in [5.41, 5.74) is 1.17. The molecule has 1 N–H and O–H groups in total. The highest BCUT2D eigenvalue weighted by Gasteiger charge is 2.43. The number of rotatable bonds is 5. The number of pyridine rings is 1. The molecule has 13 heteroatoms. The van der Waals surface area contributed by atoms with Crippen LogP contribution in [0.15, 0.2) is 30.6 Å². The van der Waals surface area contributed by atoms with Crippen LogP contribution in [-0.4, -0.2) is 111 Å². The van der Waals surface area contributed by atoms with Gasteiger partial charge in [-0.15, -0.1) is 0 Å². The van der Waals surface area contributed by atoms with Gasteiger partial charge >= 0.3 is 6.09 Å². The van der Waals surface area contributed by atoms with E-state index < -0.39 is 5.60 Å². The van der Waals surface area contributed by atoms with Crippen molar-refractivity contribution in [2.45, 2.75) is 64.1 Å². The van der Waals surface area contributed by atoms with Crippen LogP contribution in [0.2, 0.25) is 0 Å². The summed E-state index contributed by atoms with van der Waals surface area (Å²) in [5, 5.41) is 3.97. The summed E-state index contributed by atoms with van der Waals surface area (Å²) in [7, 11) is 3.51. The van der Waals surface area contributed by atoms with Crippen LogP contribution in [0.5, 0.6) is 0 Å². The molecule has 3 aromatic heterocycles. The van der Waals surface area contributed by atoms with Crippen molar-refractivity contribution in [2.24, 2.45) is 5.92 Å². The van der Waals surface area contributed by atoms with Crippen molar-refractivity contribution in [2.75, 3.05) is 52.3 Å². The second kappa shape index (κ2) is 12.3. The Morgan fingerprint density at radius 3 is 2.53 bits per heavy atom. The highest BCUT2D eigenvalue weighted by molar-refractivity contribution is 5.98. The molecule has 0 radical (unpaired) electrons. The normalized spacial score (nSPS) is 20.6. The first kappa shape index (κ1) is 30.8. The van der Waals surface area contributed by atoms with Crippen molar-refractivity contribution < 1.29 is 23.9 Å². The predicted molar refractivity (Wildman–Crippen MR) is 168 cm³/mol. The molecular formula is C32H42N8O5. The summed E-state index contributed by atoms with van der Waals surface area (Å²) in [6.45, 7) is 7.73. The molecule has 6 rings (SSSR count). The SMILES string of the molecule is CN(C)C(=O)c1cc2cnc(Nc3ccc(C(=O)N4CCOC[C@@H]5CN(C(=O)OC(C)(C)C)CC54)cn3)nc2n1C1CCCC1. The van der Waals surface area contributed by atoms with Gasteiger partial charge in [-0.1, -0.05) is 12.8 Å². The molecule has 3 fully saturated rings. The molecule has 2 atom stereocenters. The van der Waals surface area contributed by atoms with E-state index >= 15 is 0 Å². The van der Waals surface area contributed by atoms with E-state index in [4.69, 9.17) is 14.5 Å². The molecule has 2 saturated heterocycles. The molecule has 3 aromatic rings. The van der Waals surface area contributed by atoms with Crippen molar-refractivity contribution >= 4 is 40.7 Å². The number of anilines is 2. The molecule has 1 saturated carbocycles. The lowest BCUT2D eigenvalue weighted by atomic mass is 10.0. The van der Waals surface area contributed by atoms with Crippen LogP contribution in [0.1, 0.15) is 73.3 Å². The van der Waals surface area contributed by atoms with Crippen LogP contribution >= 0.6 is 0 Å². The maximum atomic E-state index is 13.7. The third-order valence-corrected chi connectivity index (χ3v) is 8.67. The Morgan fingerprint density at radius 1 is 1.07 bits per heavy atom. The fraction of sp³-hybridized carbons (Fsp3) is 0.562. The summed E-state index contributed by atoms with van der Waals surface area (Å²) >= 11 is 0. The van der Waals surface area contributed by atoms with Crippen molar-refractivity contribution in [1.29, 1.82) is 0 Å². The van der Waals surface area contributed by atoms with E-state index in [0.29, 0.717) is 61.5 Å². The fourth-order valence-electron chi connectivity index (χ4n) is 6.53. The second-order valence-electron chi connectivity index (χ2n) is 13.4. The van der Waals surface area contributed by atoms with Gasteiger partial charge in [0.15, 0.2) is 0 Å². The number of fused-ring (bicyclic) bond motifs is 2. The van der Waals surface area contributed by atoms with Crippen molar-refractivity contribution in [3.8, 4) is 0 Å². The number of carbonyl (C=O) groups is 3. The number of nitrogens with one attached hydrogen (secondary N) is 1. The molecule has 1 aliphatic carbocycles. The average Bonchev–Trinajstić information content (AvgIpc) is 3.72. The third-order valence-electron chi connectivity index (χ3n) is 8.67. The van der Waals surface area contributed by atoms with Gasteiger partial charge < -0.3 is 34.1 Å². The smallest absolute Gasteiger partial charge is 0.410 e. The number of carbonyl (C=O) groups excluding carboxylic acids is 3. The molecule has 1 unspecified atom stereocenters. The van der Waals surface area contributed by atoms with Crippen molar-refractivity contribution in [3.63, 3.8) is 0 Å². The molecule has 0 bridgehead atoms. The Bertz CT molecular complexity index is 1570. The topological polar surface area (TPSA) is 135 Å². The van der Waals surface area contributed by atoms with Gasteiger partial charge in [0.25, 0.3) is 11.8 Å². The van der Waals surface area contributed by atoms with E-state index in [9.17, 15) is 14.4 Å². The van der Waals surface area contributed by atoms with Gasteiger partial charge in [0, 0.05) is 63.5 Å². The zero-order valence-electron chi connectivity index (χ0n) is 26.7. The third kappa shape index (κ3) is 6.44. The number of amides is 3. The van der Waals surface area contributed by atoms with E-state index in [1.165, 1.54) is 0 Å². The van der Waals surface area contributed by atoms with Crippen molar-refractivity contribution in [1.82, 2.24) is 34.2 Å². The molecule has 240 valence electrons.